The van der Waals surface area contributed by atoms with Crippen LogP contribution in [0.1, 0.15) is 121 Å². The number of phenolic OH excluding ortho intramolecular Hbond substituents is 1. The molecule has 13 atom stereocenters. The lowest BCUT2D eigenvalue weighted by Crippen LogP contribution is -2.58. The standard InChI is InChI=1S/C43H55NO15/c1-9-43(51)18-29(34-23(36(43)42(50)53-8)15-24-35(41(34)52-7)38(49)33-22(37(24)48)11-10-12-27(33)46)57-31-16-25(44(5)6)39(20(3)55-31)59-32-17-28(47)40(21(4)56-32)58-30-14-13-26(45)19(2)54-30/h10-12,15,19-21,25,28-32,36,39-40,46-47,51H,9,13-14,16-18H2,1-8H3/t19-,20+,21+,25-,28+,29+,30+,31+,32+,36-,39-,40+,43+/m1/s1. The van der Waals surface area contributed by atoms with E-state index in [1.165, 1.54) is 38.5 Å². The van der Waals surface area contributed by atoms with Crippen LogP contribution in [0.15, 0.2) is 24.3 Å². The molecule has 2 aromatic carbocycles. The Balaban J connectivity index is 1.15. The molecule has 0 saturated carbocycles. The van der Waals surface area contributed by atoms with Crippen molar-refractivity contribution in [3.8, 4) is 11.5 Å². The number of Topliss-reactive ketones (excluding diaryl/α,β-unsaturated/α-hetero) is 1. The third kappa shape index (κ3) is 7.83. The Morgan fingerprint density at radius 1 is 0.898 bits per heavy atom. The number of rotatable bonds is 10. The van der Waals surface area contributed by atoms with E-state index in [1.54, 1.807) is 20.8 Å². The Labute approximate surface area is 342 Å². The minimum Gasteiger partial charge on any atom is -0.507 e. The first-order valence-electron chi connectivity index (χ1n) is 20.3. The largest absolute Gasteiger partial charge is 0.507 e. The molecule has 7 rings (SSSR count). The topological polar surface area (TPSA) is 206 Å². The molecule has 0 bridgehead atoms. The number of nitrogens with zero attached hydrogens (tertiary/aromatic N) is 1. The zero-order chi connectivity index (χ0) is 42.7. The number of aromatic hydroxyl groups is 1. The number of carbonyl (C=O) groups is 4. The van der Waals surface area contributed by atoms with E-state index in [0.717, 1.165) is 0 Å². The summed E-state index contributed by atoms with van der Waals surface area (Å²) >= 11 is 0. The summed E-state index contributed by atoms with van der Waals surface area (Å²) in [5.41, 5.74) is -1.49. The van der Waals surface area contributed by atoms with Gasteiger partial charge in [0.25, 0.3) is 0 Å². The van der Waals surface area contributed by atoms with Crippen molar-refractivity contribution in [1.82, 2.24) is 4.90 Å². The van der Waals surface area contributed by atoms with Gasteiger partial charge in [-0.25, -0.2) is 0 Å². The SMILES string of the molecule is CC[C@]1(O)C[C@H](O[C@H]2C[C@@H](N(C)C)[C@H](O[C@H]3C[C@H](O)[C@@H](O[C@H]4CCC(=O)[C@@H](C)O4)[C@H](C)O3)[C@H](C)O2)c2c(cc3c(c2OC)C(=O)c2c(O)cccc2C3=O)[C@@H]1C(=O)OC. The molecule has 0 spiro atoms. The molecular formula is C43H55NO15. The minimum absolute atomic E-state index is 0.00257. The maximum Gasteiger partial charge on any atom is 0.316 e. The van der Waals surface area contributed by atoms with E-state index in [0.29, 0.717) is 12.8 Å². The van der Waals surface area contributed by atoms with E-state index in [2.05, 4.69) is 0 Å². The summed E-state index contributed by atoms with van der Waals surface area (Å²) in [6.07, 6.45) is -6.14. The first kappa shape index (κ1) is 43.3. The summed E-state index contributed by atoms with van der Waals surface area (Å²) in [4.78, 5) is 55.6. The predicted octanol–water partition coefficient (Wildman–Crippen LogP) is 3.46. The number of esters is 1. The van der Waals surface area contributed by atoms with Crippen LogP contribution >= 0.6 is 0 Å². The zero-order valence-corrected chi connectivity index (χ0v) is 34.7. The number of hydrogen-bond donors (Lipinski definition) is 3. The molecule has 59 heavy (non-hydrogen) atoms. The van der Waals surface area contributed by atoms with E-state index >= 15 is 0 Å². The Morgan fingerprint density at radius 3 is 2.20 bits per heavy atom. The van der Waals surface area contributed by atoms with Gasteiger partial charge in [-0.2, -0.15) is 0 Å². The van der Waals surface area contributed by atoms with Gasteiger partial charge in [0.05, 0.1) is 55.4 Å². The Kier molecular flexibility index (Phi) is 12.4. The highest BCUT2D eigenvalue weighted by Crippen LogP contribution is 2.54. The molecule has 2 aliphatic carbocycles. The Bertz CT molecular complexity index is 1960. The fourth-order valence-electron chi connectivity index (χ4n) is 9.46. The fourth-order valence-corrected chi connectivity index (χ4v) is 9.46. The van der Waals surface area contributed by atoms with Gasteiger partial charge in [0.2, 0.25) is 5.78 Å². The van der Waals surface area contributed by atoms with Crippen LogP contribution in [0.25, 0.3) is 0 Å². The van der Waals surface area contributed by atoms with Crippen molar-refractivity contribution in [3.63, 3.8) is 0 Å². The van der Waals surface area contributed by atoms with Gasteiger partial charge in [0, 0.05) is 54.8 Å². The van der Waals surface area contributed by atoms with Crippen LogP contribution in [-0.2, 0) is 42.7 Å². The second kappa shape index (κ2) is 16.9. The first-order valence-corrected chi connectivity index (χ1v) is 20.3. The van der Waals surface area contributed by atoms with Crippen LogP contribution < -0.4 is 4.74 Å². The zero-order valence-electron chi connectivity index (χ0n) is 34.7. The van der Waals surface area contributed by atoms with E-state index in [9.17, 15) is 34.5 Å². The van der Waals surface area contributed by atoms with Crippen molar-refractivity contribution in [2.45, 2.75) is 145 Å². The van der Waals surface area contributed by atoms with Crippen molar-refractivity contribution >= 4 is 23.3 Å². The minimum atomic E-state index is -1.70. The van der Waals surface area contributed by atoms with Crippen molar-refractivity contribution in [2.75, 3.05) is 28.3 Å². The average molecular weight is 826 g/mol. The predicted molar refractivity (Wildman–Crippen MR) is 206 cm³/mol. The number of phenols is 1. The van der Waals surface area contributed by atoms with Gasteiger partial charge >= 0.3 is 5.97 Å². The molecule has 0 aromatic heterocycles. The molecule has 16 nitrogen and oxygen atoms in total. The number of aliphatic hydroxyl groups excluding tert-OH is 1. The third-order valence-corrected chi connectivity index (χ3v) is 12.6. The van der Waals surface area contributed by atoms with E-state index < -0.39 is 90.7 Å². The Morgan fingerprint density at radius 2 is 1.58 bits per heavy atom. The third-order valence-electron chi connectivity index (χ3n) is 12.6. The normalized spacial score (nSPS) is 35.8. The molecular weight excluding hydrogens is 770 g/mol. The fraction of sp³-hybridized carbons (Fsp3) is 0.628. The highest BCUT2D eigenvalue weighted by molar-refractivity contribution is 6.30. The van der Waals surface area contributed by atoms with E-state index in [4.69, 9.17) is 37.9 Å². The molecule has 0 amide bonds. The van der Waals surface area contributed by atoms with E-state index in [-0.39, 0.29) is 82.4 Å². The molecule has 3 saturated heterocycles. The maximum absolute atomic E-state index is 14.2. The molecule has 2 aromatic rings. The molecule has 0 unspecified atom stereocenters. The summed E-state index contributed by atoms with van der Waals surface area (Å²) < 4.78 is 48.9. The van der Waals surface area contributed by atoms with Crippen molar-refractivity contribution in [2.24, 2.45) is 0 Å². The van der Waals surface area contributed by atoms with Crippen LogP contribution in [0.3, 0.4) is 0 Å². The van der Waals surface area contributed by atoms with Crippen molar-refractivity contribution in [3.05, 3.63) is 57.6 Å². The molecule has 0 radical (unpaired) electrons. The second-order valence-corrected chi connectivity index (χ2v) is 16.5. The number of benzene rings is 2. The van der Waals surface area contributed by atoms with Gasteiger partial charge in [-0.15, -0.1) is 0 Å². The number of fused-ring (bicyclic) bond motifs is 3. The van der Waals surface area contributed by atoms with Crippen molar-refractivity contribution in [1.29, 1.82) is 0 Å². The monoisotopic (exact) mass is 825 g/mol. The number of aliphatic hydroxyl groups is 2. The second-order valence-electron chi connectivity index (χ2n) is 16.5. The van der Waals surface area contributed by atoms with Crippen molar-refractivity contribution < 1.29 is 72.4 Å². The lowest BCUT2D eigenvalue weighted by Gasteiger charge is -2.48. The van der Waals surface area contributed by atoms with Gasteiger partial charge in [-0.1, -0.05) is 19.1 Å². The number of hydrogen-bond acceptors (Lipinski definition) is 16. The average Bonchev–Trinajstić information content (AvgIpc) is 3.19. The maximum atomic E-state index is 14.2. The Hall–Kier alpha value is -3.84. The lowest BCUT2D eigenvalue weighted by molar-refractivity contribution is -0.324. The molecule has 3 N–H and O–H groups in total. The molecule has 3 aliphatic heterocycles. The summed E-state index contributed by atoms with van der Waals surface area (Å²) in [5, 5.41) is 34.1. The quantitative estimate of drug-likeness (QED) is 0.250. The van der Waals surface area contributed by atoms with Gasteiger partial charge in [-0.3, -0.25) is 19.2 Å². The molecule has 5 aliphatic rings. The molecule has 3 heterocycles. The number of carbonyl (C=O) groups excluding carboxylic acids is 4. The van der Waals surface area contributed by atoms with Crippen LogP contribution in [0, 0.1) is 0 Å². The van der Waals surface area contributed by atoms with Gasteiger partial charge in [0.1, 0.15) is 35.7 Å². The summed E-state index contributed by atoms with van der Waals surface area (Å²) in [7, 11) is 6.35. The highest BCUT2D eigenvalue weighted by Gasteiger charge is 2.54. The van der Waals surface area contributed by atoms with Gasteiger partial charge < -0.3 is 58.1 Å². The molecule has 16 heteroatoms. The summed E-state index contributed by atoms with van der Waals surface area (Å²) in [6.45, 7) is 7.04. The number of ketones is 3. The molecule has 322 valence electrons. The number of likely N-dealkylation sites (N-methyl/N-ethyl adjacent to an activating group) is 1. The van der Waals surface area contributed by atoms with E-state index in [1.807, 2.05) is 25.9 Å². The van der Waals surface area contributed by atoms with Crippen LogP contribution in [-0.4, -0.2) is 139 Å². The van der Waals surface area contributed by atoms with Crippen LogP contribution in [0.5, 0.6) is 11.5 Å². The lowest BCUT2D eigenvalue weighted by atomic mass is 9.67. The van der Waals surface area contributed by atoms with Crippen LogP contribution in [0.4, 0.5) is 0 Å². The first-order chi connectivity index (χ1) is 28.0. The smallest absolute Gasteiger partial charge is 0.316 e. The summed E-state index contributed by atoms with van der Waals surface area (Å²) in [5.74, 6) is -3.56. The van der Waals surface area contributed by atoms with Gasteiger partial charge in [-0.05, 0) is 59.0 Å². The number of methoxy groups -OCH3 is 2. The summed E-state index contributed by atoms with van der Waals surface area (Å²) in [6, 6.07) is 5.38. The number of ether oxygens (including phenoxy) is 8. The molecule has 3 fully saturated rings. The van der Waals surface area contributed by atoms with Gasteiger partial charge in [0.15, 0.2) is 30.4 Å². The van der Waals surface area contributed by atoms with Crippen LogP contribution in [0.2, 0.25) is 0 Å². The highest BCUT2D eigenvalue weighted by atomic mass is 16.7.